The summed E-state index contributed by atoms with van der Waals surface area (Å²) in [5.74, 6) is -1.41. The van der Waals surface area contributed by atoms with E-state index in [0.717, 1.165) is 11.8 Å². The number of carbonyl (C=O) groups is 1. The zero-order valence-electron chi connectivity index (χ0n) is 10.1. The smallest absolute Gasteiger partial charge is 0.363 e. The van der Waals surface area contributed by atoms with Crippen molar-refractivity contribution in [1.82, 2.24) is 9.78 Å². The minimum atomic E-state index is -1.41. The van der Waals surface area contributed by atoms with Gasteiger partial charge in [-0.15, -0.1) is 0 Å². The van der Waals surface area contributed by atoms with Crippen LogP contribution in [0.25, 0.3) is 0 Å². The summed E-state index contributed by atoms with van der Waals surface area (Å²) in [5.41, 5.74) is -0.167. The Labute approximate surface area is 108 Å². The SMILES string of the molecule is CC(c1ccccc1)n1cc([N+](=O)[O-])c(C(=O)O)n1. The Hall–Kier alpha value is -2.70. The van der Waals surface area contributed by atoms with Crippen LogP contribution in [0.15, 0.2) is 36.5 Å². The largest absolute Gasteiger partial charge is 0.476 e. The Morgan fingerprint density at radius 2 is 2.05 bits per heavy atom. The first-order valence-corrected chi connectivity index (χ1v) is 5.52. The molecule has 7 heteroatoms. The lowest BCUT2D eigenvalue weighted by Gasteiger charge is -2.11. The summed E-state index contributed by atoms with van der Waals surface area (Å²) >= 11 is 0. The van der Waals surface area contributed by atoms with Crippen LogP contribution in [0, 0.1) is 10.1 Å². The Balaban J connectivity index is 2.44. The highest BCUT2D eigenvalue weighted by Crippen LogP contribution is 2.23. The molecule has 0 amide bonds. The molecule has 0 aliphatic heterocycles. The van der Waals surface area contributed by atoms with Gasteiger partial charge in [-0.2, -0.15) is 5.10 Å². The van der Waals surface area contributed by atoms with Crippen LogP contribution >= 0.6 is 0 Å². The molecule has 1 heterocycles. The summed E-state index contributed by atoms with van der Waals surface area (Å²) < 4.78 is 1.29. The number of hydrogen-bond donors (Lipinski definition) is 1. The summed E-state index contributed by atoms with van der Waals surface area (Å²) in [4.78, 5) is 21.0. The number of nitro groups is 1. The third-order valence-electron chi connectivity index (χ3n) is 2.79. The zero-order valence-corrected chi connectivity index (χ0v) is 10.1. The molecular weight excluding hydrogens is 250 g/mol. The number of rotatable bonds is 4. The molecule has 1 atom stereocenters. The van der Waals surface area contributed by atoms with Crippen molar-refractivity contribution in [2.75, 3.05) is 0 Å². The maximum absolute atomic E-state index is 10.9. The van der Waals surface area contributed by atoms with Crippen molar-refractivity contribution in [3.63, 3.8) is 0 Å². The monoisotopic (exact) mass is 261 g/mol. The van der Waals surface area contributed by atoms with Gasteiger partial charge in [0.05, 0.1) is 11.0 Å². The van der Waals surface area contributed by atoms with Gasteiger partial charge in [-0.1, -0.05) is 30.3 Å². The standard InChI is InChI=1S/C12H11N3O4/c1-8(9-5-3-2-4-6-9)14-7-10(15(18)19)11(13-14)12(16)17/h2-8H,1H3,(H,16,17). The maximum atomic E-state index is 10.9. The molecule has 1 aromatic heterocycles. The van der Waals surface area contributed by atoms with Crippen molar-refractivity contribution in [2.24, 2.45) is 0 Å². The van der Waals surface area contributed by atoms with E-state index in [1.54, 1.807) is 6.92 Å². The molecule has 0 bridgehead atoms. The third kappa shape index (κ3) is 2.44. The predicted octanol–water partition coefficient (Wildman–Crippen LogP) is 2.10. The molecule has 19 heavy (non-hydrogen) atoms. The minimum Gasteiger partial charge on any atom is -0.476 e. The van der Waals surface area contributed by atoms with E-state index < -0.39 is 22.3 Å². The van der Waals surface area contributed by atoms with Gasteiger partial charge in [-0.3, -0.25) is 14.8 Å². The van der Waals surface area contributed by atoms with Crippen LogP contribution in [0.5, 0.6) is 0 Å². The van der Waals surface area contributed by atoms with Crippen LogP contribution in [0.3, 0.4) is 0 Å². The molecule has 1 unspecified atom stereocenters. The van der Waals surface area contributed by atoms with Crippen LogP contribution in [-0.2, 0) is 0 Å². The van der Waals surface area contributed by atoms with Crippen LogP contribution in [-0.4, -0.2) is 25.8 Å². The molecule has 0 radical (unpaired) electrons. The molecule has 7 nitrogen and oxygen atoms in total. The van der Waals surface area contributed by atoms with Crippen LogP contribution in [0.1, 0.15) is 29.0 Å². The lowest BCUT2D eigenvalue weighted by molar-refractivity contribution is -0.385. The first-order chi connectivity index (χ1) is 9.00. The Kier molecular flexibility index (Phi) is 3.28. The van der Waals surface area contributed by atoms with Crippen molar-refractivity contribution < 1.29 is 14.8 Å². The Morgan fingerprint density at radius 1 is 1.42 bits per heavy atom. The van der Waals surface area contributed by atoms with Gasteiger partial charge in [0.2, 0.25) is 5.69 Å². The third-order valence-corrected chi connectivity index (χ3v) is 2.79. The molecular formula is C12H11N3O4. The molecule has 2 rings (SSSR count). The Bertz CT molecular complexity index is 590. The highest BCUT2D eigenvalue weighted by atomic mass is 16.6. The average Bonchev–Trinajstić information content (AvgIpc) is 2.84. The van der Waals surface area contributed by atoms with E-state index in [-0.39, 0.29) is 6.04 Å². The second-order valence-electron chi connectivity index (χ2n) is 3.99. The van der Waals surface area contributed by atoms with Crippen molar-refractivity contribution in [3.05, 3.63) is 57.9 Å². The molecule has 1 N–H and O–H groups in total. The first-order valence-electron chi connectivity index (χ1n) is 5.52. The lowest BCUT2D eigenvalue weighted by atomic mass is 10.1. The van der Waals surface area contributed by atoms with Crippen molar-refractivity contribution in [1.29, 1.82) is 0 Å². The van der Waals surface area contributed by atoms with Crippen LogP contribution < -0.4 is 0 Å². The van der Waals surface area contributed by atoms with Gasteiger partial charge in [0.15, 0.2) is 0 Å². The molecule has 2 aromatic rings. The van der Waals surface area contributed by atoms with E-state index in [0.29, 0.717) is 0 Å². The summed E-state index contributed by atoms with van der Waals surface area (Å²) in [5, 5.41) is 23.5. The van der Waals surface area contributed by atoms with E-state index in [2.05, 4.69) is 5.10 Å². The first kappa shape index (κ1) is 12.7. The summed E-state index contributed by atoms with van der Waals surface area (Å²) in [6.45, 7) is 1.79. The van der Waals surface area contributed by atoms with Crippen molar-refractivity contribution >= 4 is 11.7 Å². The number of benzene rings is 1. The van der Waals surface area contributed by atoms with Crippen LogP contribution in [0.2, 0.25) is 0 Å². The summed E-state index contributed by atoms with van der Waals surface area (Å²) in [6, 6.07) is 8.93. The highest BCUT2D eigenvalue weighted by molar-refractivity contribution is 5.89. The fourth-order valence-corrected chi connectivity index (χ4v) is 1.75. The normalized spacial score (nSPS) is 12.1. The van der Waals surface area contributed by atoms with Gasteiger partial charge in [-0.25, -0.2) is 4.79 Å². The fourth-order valence-electron chi connectivity index (χ4n) is 1.75. The average molecular weight is 261 g/mol. The molecule has 0 aliphatic carbocycles. The van der Waals surface area contributed by atoms with Crippen molar-refractivity contribution in [3.8, 4) is 0 Å². The van der Waals surface area contributed by atoms with E-state index in [9.17, 15) is 14.9 Å². The number of hydrogen-bond acceptors (Lipinski definition) is 4. The van der Waals surface area contributed by atoms with E-state index in [1.165, 1.54) is 4.68 Å². The molecule has 1 aromatic carbocycles. The van der Waals surface area contributed by atoms with Gasteiger partial charge >= 0.3 is 11.7 Å². The molecule has 0 saturated heterocycles. The van der Waals surface area contributed by atoms with Gasteiger partial charge in [0.25, 0.3) is 0 Å². The lowest BCUT2D eigenvalue weighted by Crippen LogP contribution is -2.09. The topological polar surface area (TPSA) is 98.3 Å². The molecule has 98 valence electrons. The predicted molar refractivity (Wildman–Crippen MR) is 66.1 cm³/mol. The van der Waals surface area contributed by atoms with Gasteiger partial charge in [-0.05, 0) is 12.5 Å². The Morgan fingerprint density at radius 3 is 2.53 bits per heavy atom. The second-order valence-corrected chi connectivity index (χ2v) is 3.99. The van der Waals surface area contributed by atoms with Gasteiger partial charge in [0, 0.05) is 0 Å². The molecule has 0 fully saturated rings. The number of nitrogens with zero attached hydrogens (tertiary/aromatic N) is 3. The maximum Gasteiger partial charge on any atom is 0.363 e. The quantitative estimate of drug-likeness (QED) is 0.671. The number of aromatic carboxylic acids is 1. The number of carboxylic acid groups (broad SMARTS) is 1. The van der Waals surface area contributed by atoms with Crippen LogP contribution in [0.4, 0.5) is 5.69 Å². The van der Waals surface area contributed by atoms with E-state index >= 15 is 0 Å². The second kappa shape index (κ2) is 4.89. The van der Waals surface area contributed by atoms with Crippen molar-refractivity contribution in [2.45, 2.75) is 13.0 Å². The number of carboxylic acids is 1. The molecule has 0 saturated carbocycles. The highest BCUT2D eigenvalue weighted by Gasteiger charge is 2.26. The van der Waals surface area contributed by atoms with Gasteiger partial charge in [0.1, 0.15) is 6.20 Å². The fraction of sp³-hybridized carbons (Fsp3) is 0.167. The zero-order chi connectivity index (χ0) is 14.0. The summed E-state index contributed by atoms with van der Waals surface area (Å²) in [6.07, 6.45) is 1.14. The van der Waals surface area contributed by atoms with Gasteiger partial charge < -0.3 is 5.11 Å². The van der Waals surface area contributed by atoms with E-state index in [4.69, 9.17) is 5.11 Å². The minimum absolute atomic E-state index is 0.284. The summed E-state index contributed by atoms with van der Waals surface area (Å²) in [7, 11) is 0. The molecule has 0 spiro atoms. The molecule has 0 aliphatic rings. The number of aromatic nitrogens is 2. The van der Waals surface area contributed by atoms with E-state index in [1.807, 2.05) is 30.3 Å².